The monoisotopic (exact) mass is 560 g/mol. The number of carbonyl (C=O) groups excluding carboxylic acids is 2. The molecule has 8 heteroatoms. The highest BCUT2D eigenvalue weighted by Gasteiger charge is 2.30. The van der Waals surface area contributed by atoms with Crippen LogP contribution < -0.4 is 5.32 Å². The third kappa shape index (κ3) is 5.34. The molecule has 42 heavy (non-hydrogen) atoms. The molecule has 4 aromatic carbocycles. The van der Waals surface area contributed by atoms with Crippen LogP contribution in [-0.2, 0) is 27.3 Å². The first-order valence-corrected chi connectivity index (χ1v) is 13.6. The zero-order valence-electron chi connectivity index (χ0n) is 22.6. The van der Waals surface area contributed by atoms with Gasteiger partial charge in [-0.1, -0.05) is 97.1 Å². The van der Waals surface area contributed by atoms with Crippen LogP contribution in [0, 0.1) is 0 Å². The fourth-order valence-corrected chi connectivity index (χ4v) is 5.56. The van der Waals surface area contributed by atoms with Crippen LogP contribution in [-0.4, -0.2) is 40.5 Å². The smallest absolute Gasteiger partial charge is 0.418 e. The lowest BCUT2D eigenvalue weighted by Gasteiger charge is -2.17. The number of aromatic nitrogens is 1. The molecule has 1 aliphatic rings. The van der Waals surface area contributed by atoms with Crippen molar-refractivity contribution in [2.45, 2.75) is 25.0 Å². The summed E-state index contributed by atoms with van der Waals surface area (Å²) >= 11 is 0. The lowest BCUT2D eigenvalue weighted by molar-refractivity contribution is -0.139. The van der Waals surface area contributed by atoms with E-state index >= 15 is 0 Å². The Morgan fingerprint density at radius 3 is 2.10 bits per heavy atom. The number of hydrogen-bond donors (Lipinski definition) is 2. The first-order valence-electron chi connectivity index (χ1n) is 13.6. The number of amides is 1. The summed E-state index contributed by atoms with van der Waals surface area (Å²) < 4.78 is 12.4. The predicted octanol–water partition coefficient (Wildman–Crippen LogP) is 6.36. The number of fused-ring (bicyclic) bond motifs is 4. The van der Waals surface area contributed by atoms with Gasteiger partial charge in [0, 0.05) is 23.9 Å². The van der Waals surface area contributed by atoms with Crippen LogP contribution in [0.2, 0.25) is 0 Å². The van der Waals surface area contributed by atoms with E-state index in [1.165, 1.54) is 4.57 Å². The molecule has 1 aliphatic carbocycles. The summed E-state index contributed by atoms with van der Waals surface area (Å²) in [7, 11) is 0. The van der Waals surface area contributed by atoms with Crippen molar-refractivity contribution in [3.8, 4) is 11.1 Å². The molecule has 0 fully saturated rings. The van der Waals surface area contributed by atoms with Crippen LogP contribution in [0.15, 0.2) is 109 Å². The Kier molecular flexibility index (Phi) is 7.43. The van der Waals surface area contributed by atoms with Gasteiger partial charge >= 0.3 is 18.2 Å². The topological polar surface area (TPSA) is 107 Å². The molecule has 2 N–H and O–H groups in total. The number of para-hydroxylation sites is 1. The third-order valence-electron chi connectivity index (χ3n) is 7.55. The fraction of sp³-hybridized carbons (Fsp3) is 0.147. The van der Waals surface area contributed by atoms with Crippen LogP contribution in [0.4, 0.5) is 9.59 Å². The zero-order chi connectivity index (χ0) is 29.1. The van der Waals surface area contributed by atoms with Gasteiger partial charge in [-0.3, -0.25) is 4.57 Å². The molecule has 0 saturated carbocycles. The Morgan fingerprint density at radius 1 is 0.786 bits per heavy atom. The Balaban J connectivity index is 1.15. The Hall–Kier alpha value is -5.37. The molecule has 5 aromatic rings. The van der Waals surface area contributed by atoms with Crippen LogP contribution in [0.25, 0.3) is 22.0 Å². The Bertz CT molecular complexity index is 1730. The number of carboxylic acids is 1. The maximum Gasteiger partial charge on any atom is 0.418 e. The molecule has 1 amide bonds. The number of carbonyl (C=O) groups is 3. The number of hydrogen-bond acceptors (Lipinski definition) is 5. The summed E-state index contributed by atoms with van der Waals surface area (Å²) in [6, 6.07) is 31.2. The molecule has 8 nitrogen and oxygen atoms in total. The van der Waals surface area contributed by atoms with Crippen LogP contribution in [0.1, 0.15) is 28.2 Å². The summed E-state index contributed by atoms with van der Waals surface area (Å²) in [6.07, 6.45) is 0.0970. The van der Waals surface area contributed by atoms with Crippen LogP contribution >= 0.6 is 0 Å². The van der Waals surface area contributed by atoms with Gasteiger partial charge in [-0.15, -0.1) is 0 Å². The van der Waals surface area contributed by atoms with E-state index in [0.717, 1.165) is 27.8 Å². The summed E-state index contributed by atoms with van der Waals surface area (Å²) in [6.45, 7) is 0.168. The summed E-state index contributed by atoms with van der Waals surface area (Å²) in [5, 5.41) is 13.1. The number of nitrogens with zero attached hydrogens (tertiary/aromatic N) is 1. The largest absolute Gasteiger partial charge is 0.480 e. The van der Waals surface area contributed by atoms with E-state index < -0.39 is 24.2 Å². The molecule has 1 heterocycles. The molecule has 0 aliphatic heterocycles. The molecule has 1 atom stereocenters. The van der Waals surface area contributed by atoms with Gasteiger partial charge in [-0.05, 0) is 39.4 Å². The van der Waals surface area contributed by atoms with Gasteiger partial charge in [0.15, 0.2) is 0 Å². The molecule has 0 spiro atoms. The lowest BCUT2D eigenvalue weighted by Crippen LogP contribution is -2.42. The lowest BCUT2D eigenvalue weighted by atomic mass is 9.98. The molecule has 0 bridgehead atoms. The Labute approximate surface area is 242 Å². The van der Waals surface area contributed by atoms with Gasteiger partial charge < -0.3 is 19.9 Å². The second-order valence-electron chi connectivity index (χ2n) is 10.1. The van der Waals surface area contributed by atoms with E-state index in [-0.39, 0.29) is 25.6 Å². The minimum atomic E-state index is -1.28. The molecule has 1 aromatic heterocycles. The van der Waals surface area contributed by atoms with Crippen molar-refractivity contribution in [2.24, 2.45) is 0 Å². The van der Waals surface area contributed by atoms with Crippen molar-refractivity contribution in [2.75, 3.05) is 6.61 Å². The van der Waals surface area contributed by atoms with E-state index in [2.05, 4.69) is 5.32 Å². The highest BCUT2D eigenvalue weighted by Crippen LogP contribution is 2.44. The van der Waals surface area contributed by atoms with Crippen molar-refractivity contribution in [3.63, 3.8) is 0 Å². The Morgan fingerprint density at radius 2 is 1.40 bits per heavy atom. The second kappa shape index (κ2) is 11.6. The van der Waals surface area contributed by atoms with Crippen molar-refractivity contribution in [1.29, 1.82) is 0 Å². The predicted molar refractivity (Wildman–Crippen MR) is 157 cm³/mol. The second-order valence-corrected chi connectivity index (χ2v) is 10.1. The average Bonchev–Trinajstić information content (AvgIpc) is 3.55. The van der Waals surface area contributed by atoms with Gasteiger partial charge in [0.2, 0.25) is 0 Å². The third-order valence-corrected chi connectivity index (χ3v) is 7.55. The van der Waals surface area contributed by atoms with Gasteiger partial charge in [0.05, 0.1) is 5.52 Å². The van der Waals surface area contributed by atoms with Crippen molar-refractivity contribution in [3.05, 3.63) is 132 Å². The van der Waals surface area contributed by atoms with E-state index in [9.17, 15) is 19.5 Å². The molecule has 0 radical (unpaired) electrons. The number of carboxylic acid groups (broad SMARTS) is 1. The van der Waals surface area contributed by atoms with Gasteiger partial charge in [0.1, 0.15) is 19.3 Å². The first-order chi connectivity index (χ1) is 20.5. The minimum Gasteiger partial charge on any atom is -0.480 e. The average molecular weight is 561 g/mol. The van der Waals surface area contributed by atoms with Gasteiger partial charge in [-0.25, -0.2) is 14.4 Å². The number of aliphatic carboxylic acids is 1. The van der Waals surface area contributed by atoms with Crippen LogP contribution in [0.5, 0.6) is 0 Å². The maximum absolute atomic E-state index is 13.0. The first kappa shape index (κ1) is 26.8. The van der Waals surface area contributed by atoms with Crippen molar-refractivity contribution >= 4 is 29.1 Å². The van der Waals surface area contributed by atoms with Gasteiger partial charge in [-0.2, -0.15) is 0 Å². The summed E-state index contributed by atoms with van der Waals surface area (Å²) in [5.41, 5.74) is 6.33. The number of nitrogens with one attached hydrogen (secondary N) is 1. The summed E-state index contributed by atoms with van der Waals surface area (Å²) in [5.74, 6) is -1.36. The number of benzene rings is 4. The standard InChI is InChI=1S/C34H28N2O6/c37-32(38)30(35-33(39)41-21-29-27-15-6-4-13-25(27)26-14-5-7-16-28(26)29)18-23-19-36(31-17-9-8-12-24(23)31)34(40)42-20-22-10-2-1-3-11-22/h1-17,19,29-30H,18,20-21H2,(H,35,39)(H,37,38)/t30-/m1/s1. The summed E-state index contributed by atoms with van der Waals surface area (Å²) in [4.78, 5) is 38.0. The van der Waals surface area contributed by atoms with E-state index in [0.29, 0.717) is 16.5 Å². The van der Waals surface area contributed by atoms with Gasteiger partial charge in [0.25, 0.3) is 0 Å². The molecular formula is C34H28N2O6. The van der Waals surface area contributed by atoms with E-state index in [4.69, 9.17) is 9.47 Å². The molecule has 0 saturated heterocycles. The van der Waals surface area contributed by atoms with Crippen molar-refractivity contribution in [1.82, 2.24) is 9.88 Å². The quantitative estimate of drug-likeness (QED) is 0.229. The fourth-order valence-electron chi connectivity index (χ4n) is 5.56. The molecular weight excluding hydrogens is 532 g/mol. The SMILES string of the molecule is O=C(N[C@H](Cc1cn(C(=O)OCc2ccccc2)c2ccccc12)C(=O)O)OCC1c2ccccc2-c2ccccc21. The minimum absolute atomic E-state index is 0.0565. The van der Waals surface area contributed by atoms with Crippen LogP contribution in [0.3, 0.4) is 0 Å². The molecule has 6 rings (SSSR count). The maximum atomic E-state index is 13.0. The zero-order valence-corrected chi connectivity index (χ0v) is 22.6. The molecule has 0 unspecified atom stereocenters. The normalized spacial score (nSPS) is 12.8. The molecule has 210 valence electrons. The van der Waals surface area contributed by atoms with E-state index in [1.807, 2.05) is 78.9 Å². The number of ether oxygens (including phenoxy) is 2. The highest BCUT2D eigenvalue weighted by molar-refractivity contribution is 5.92. The van der Waals surface area contributed by atoms with Crippen molar-refractivity contribution < 1.29 is 29.0 Å². The highest BCUT2D eigenvalue weighted by atomic mass is 16.6. The number of alkyl carbamates (subject to hydrolysis) is 1. The number of rotatable bonds is 8. The van der Waals surface area contributed by atoms with E-state index in [1.54, 1.807) is 30.5 Å².